The Hall–Kier alpha value is -1.13. The summed E-state index contributed by atoms with van der Waals surface area (Å²) in [6, 6.07) is 2.44. The monoisotopic (exact) mass is 295 g/mol. The van der Waals surface area contributed by atoms with Crippen LogP contribution in [0.1, 0.15) is 40.8 Å². The smallest absolute Gasteiger partial charge is 0.137 e. The van der Waals surface area contributed by atoms with Gasteiger partial charge in [-0.15, -0.1) is 11.3 Å². The van der Waals surface area contributed by atoms with Crippen molar-refractivity contribution in [2.75, 3.05) is 5.32 Å². The first-order chi connectivity index (χ1) is 9.02. The third-order valence-corrected chi connectivity index (χ3v) is 4.45. The Labute approximate surface area is 123 Å². The molecule has 3 nitrogen and oxygen atoms in total. The largest absolute Gasteiger partial charge is 0.363 e. The summed E-state index contributed by atoms with van der Waals surface area (Å²) in [6.45, 7) is 8.48. The second kappa shape index (κ2) is 5.88. The van der Waals surface area contributed by atoms with Gasteiger partial charge >= 0.3 is 0 Å². The van der Waals surface area contributed by atoms with Crippen molar-refractivity contribution in [2.24, 2.45) is 0 Å². The summed E-state index contributed by atoms with van der Waals surface area (Å²) in [6.07, 6.45) is 2.32. The summed E-state index contributed by atoms with van der Waals surface area (Å²) in [5.41, 5.74) is 2.29. The zero-order chi connectivity index (χ0) is 14.0. The average molecular weight is 296 g/mol. The maximum Gasteiger partial charge on any atom is 0.137 e. The minimum atomic E-state index is 0.209. The maximum absolute atomic E-state index is 6.11. The Morgan fingerprint density at radius 3 is 2.68 bits per heavy atom. The van der Waals surface area contributed by atoms with E-state index in [-0.39, 0.29) is 6.04 Å². The number of aromatic nitrogens is 2. The third kappa shape index (κ3) is 3.07. The van der Waals surface area contributed by atoms with E-state index >= 15 is 0 Å². The lowest BCUT2D eigenvalue weighted by Gasteiger charge is -2.17. The number of rotatable bonds is 4. The molecule has 5 heteroatoms. The molecule has 102 valence electrons. The molecule has 2 aromatic rings. The van der Waals surface area contributed by atoms with Crippen LogP contribution < -0.4 is 5.32 Å². The molecule has 0 aromatic carbocycles. The van der Waals surface area contributed by atoms with E-state index in [9.17, 15) is 0 Å². The van der Waals surface area contributed by atoms with Gasteiger partial charge in [0.25, 0.3) is 0 Å². The molecule has 0 amide bonds. The molecule has 2 heterocycles. The van der Waals surface area contributed by atoms with Crippen LogP contribution in [0.2, 0.25) is 5.15 Å². The normalized spacial score (nSPS) is 12.5. The van der Waals surface area contributed by atoms with Crippen molar-refractivity contribution >= 4 is 28.8 Å². The highest BCUT2D eigenvalue weighted by molar-refractivity contribution is 7.12. The van der Waals surface area contributed by atoms with E-state index in [4.69, 9.17) is 11.6 Å². The average Bonchev–Trinajstić information content (AvgIpc) is 2.69. The van der Waals surface area contributed by atoms with E-state index in [0.717, 1.165) is 17.8 Å². The number of hydrogen-bond acceptors (Lipinski definition) is 4. The molecular formula is C14H18ClN3S. The van der Waals surface area contributed by atoms with E-state index < -0.39 is 0 Å². The molecular weight excluding hydrogens is 278 g/mol. The first-order valence-corrected chi connectivity index (χ1v) is 7.55. The van der Waals surface area contributed by atoms with Gasteiger partial charge in [0, 0.05) is 15.3 Å². The number of halogens is 1. The first-order valence-electron chi connectivity index (χ1n) is 6.35. The molecule has 19 heavy (non-hydrogen) atoms. The number of nitrogens with zero attached hydrogens (tertiary/aromatic N) is 2. The number of anilines is 1. The lowest BCUT2D eigenvalue weighted by Crippen LogP contribution is -2.10. The molecule has 0 bridgehead atoms. The van der Waals surface area contributed by atoms with Gasteiger partial charge in [0.1, 0.15) is 17.3 Å². The van der Waals surface area contributed by atoms with Crippen molar-refractivity contribution in [3.8, 4) is 0 Å². The third-order valence-electron chi connectivity index (χ3n) is 3.15. The summed E-state index contributed by atoms with van der Waals surface area (Å²) >= 11 is 7.93. The van der Waals surface area contributed by atoms with Crippen LogP contribution in [0.25, 0.3) is 0 Å². The molecule has 0 saturated carbocycles. The van der Waals surface area contributed by atoms with Gasteiger partial charge in [-0.2, -0.15) is 0 Å². The molecule has 0 spiro atoms. The second-order valence-electron chi connectivity index (χ2n) is 4.58. The summed E-state index contributed by atoms with van der Waals surface area (Å²) < 4.78 is 0. The van der Waals surface area contributed by atoms with Gasteiger partial charge in [0.05, 0.1) is 6.04 Å². The van der Waals surface area contributed by atoms with Gasteiger partial charge in [-0.05, 0) is 38.8 Å². The Morgan fingerprint density at radius 2 is 2.11 bits per heavy atom. The number of nitrogens with one attached hydrogen (secondary N) is 1. The summed E-state index contributed by atoms with van der Waals surface area (Å²) in [5, 5.41) is 3.98. The molecule has 1 N–H and O–H groups in total. The minimum Gasteiger partial charge on any atom is -0.363 e. The van der Waals surface area contributed by atoms with E-state index in [1.807, 2.05) is 11.3 Å². The highest BCUT2D eigenvalue weighted by atomic mass is 35.5. The van der Waals surface area contributed by atoms with Crippen LogP contribution in [-0.2, 0) is 6.42 Å². The number of thiophene rings is 1. The van der Waals surface area contributed by atoms with Crippen LogP contribution in [0.3, 0.4) is 0 Å². The Kier molecular flexibility index (Phi) is 4.42. The van der Waals surface area contributed by atoms with Gasteiger partial charge in [-0.25, -0.2) is 9.97 Å². The Morgan fingerprint density at radius 1 is 1.37 bits per heavy atom. The van der Waals surface area contributed by atoms with Crippen LogP contribution in [0, 0.1) is 13.8 Å². The fourth-order valence-corrected chi connectivity index (χ4v) is 3.48. The van der Waals surface area contributed by atoms with Crippen molar-refractivity contribution in [3.05, 3.63) is 38.4 Å². The van der Waals surface area contributed by atoms with Crippen LogP contribution in [0.15, 0.2) is 12.4 Å². The van der Waals surface area contributed by atoms with Crippen LogP contribution >= 0.6 is 22.9 Å². The zero-order valence-corrected chi connectivity index (χ0v) is 13.2. The number of aryl methyl sites for hydroxylation is 2. The molecule has 0 fully saturated rings. The molecule has 2 aromatic heterocycles. The van der Waals surface area contributed by atoms with Crippen LogP contribution in [0.5, 0.6) is 0 Å². The SMILES string of the molecule is CCc1c(Cl)ncnc1NC(C)c1cc(C)sc1C. The zero-order valence-electron chi connectivity index (χ0n) is 11.6. The fraction of sp³-hybridized carbons (Fsp3) is 0.429. The Bertz CT molecular complexity index is 580. The van der Waals surface area contributed by atoms with Gasteiger partial charge < -0.3 is 5.32 Å². The molecule has 0 aliphatic rings. The lowest BCUT2D eigenvalue weighted by molar-refractivity contribution is 0.860. The van der Waals surface area contributed by atoms with E-state index in [0.29, 0.717) is 5.15 Å². The lowest BCUT2D eigenvalue weighted by atomic mass is 10.1. The van der Waals surface area contributed by atoms with Crippen molar-refractivity contribution in [3.63, 3.8) is 0 Å². The molecule has 0 aliphatic carbocycles. The highest BCUT2D eigenvalue weighted by Crippen LogP contribution is 2.30. The predicted octanol–water partition coefficient (Wildman–Crippen LogP) is 4.54. The predicted molar refractivity (Wildman–Crippen MR) is 82.3 cm³/mol. The molecule has 1 atom stereocenters. The van der Waals surface area contributed by atoms with Gasteiger partial charge in [-0.1, -0.05) is 18.5 Å². The van der Waals surface area contributed by atoms with E-state index in [1.165, 1.54) is 21.6 Å². The standard InChI is InChI=1S/C14H18ClN3S/c1-5-11-13(15)16-7-17-14(11)18-9(3)12-6-8(2)19-10(12)4/h6-7,9H,5H2,1-4H3,(H,16,17,18). The first kappa shape index (κ1) is 14.3. The second-order valence-corrected chi connectivity index (χ2v) is 6.40. The molecule has 0 aliphatic heterocycles. The molecule has 0 saturated heterocycles. The van der Waals surface area contributed by atoms with Crippen molar-refractivity contribution < 1.29 is 0 Å². The molecule has 1 unspecified atom stereocenters. The van der Waals surface area contributed by atoms with E-state index in [1.54, 1.807) is 0 Å². The molecule has 2 rings (SSSR count). The topological polar surface area (TPSA) is 37.8 Å². The summed E-state index contributed by atoms with van der Waals surface area (Å²) in [7, 11) is 0. The maximum atomic E-state index is 6.11. The van der Waals surface area contributed by atoms with Gasteiger partial charge in [0.15, 0.2) is 0 Å². The molecule has 0 radical (unpaired) electrons. The number of hydrogen-bond donors (Lipinski definition) is 1. The minimum absolute atomic E-state index is 0.209. The summed E-state index contributed by atoms with van der Waals surface area (Å²) in [4.78, 5) is 11.0. The quantitative estimate of drug-likeness (QED) is 0.841. The van der Waals surface area contributed by atoms with E-state index in [2.05, 4.69) is 49.0 Å². The van der Waals surface area contributed by atoms with Gasteiger partial charge in [-0.3, -0.25) is 0 Å². The fourth-order valence-electron chi connectivity index (χ4n) is 2.19. The van der Waals surface area contributed by atoms with Crippen molar-refractivity contribution in [2.45, 2.75) is 40.2 Å². The summed E-state index contributed by atoms with van der Waals surface area (Å²) in [5.74, 6) is 0.832. The Balaban J connectivity index is 2.26. The van der Waals surface area contributed by atoms with Gasteiger partial charge in [0.2, 0.25) is 0 Å². The highest BCUT2D eigenvalue weighted by Gasteiger charge is 2.14. The van der Waals surface area contributed by atoms with Crippen molar-refractivity contribution in [1.82, 2.24) is 9.97 Å². The van der Waals surface area contributed by atoms with Crippen LogP contribution in [0.4, 0.5) is 5.82 Å². The van der Waals surface area contributed by atoms with Crippen LogP contribution in [-0.4, -0.2) is 9.97 Å². The van der Waals surface area contributed by atoms with Crippen molar-refractivity contribution in [1.29, 1.82) is 0 Å².